The molecule has 0 aromatic carbocycles. The molecular weight excluding hydrogens is 332 g/mol. The van der Waals surface area contributed by atoms with Crippen LogP contribution in [0.2, 0.25) is 0 Å². The fourth-order valence-electron chi connectivity index (χ4n) is 2.71. The standard InChI is InChI=1S/C16H24N2O3S2/c1-3-4-11-5-6-12-13(9-11)23-16(17-12)18-14(19)7-8-22-10-15(20)21-2/h11H,3-10H2,1-2H3,(H,17,18,19). The Morgan fingerprint density at radius 3 is 3.04 bits per heavy atom. The number of methoxy groups -OCH3 is 1. The molecule has 5 nitrogen and oxygen atoms in total. The van der Waals surface area contributed by atoms with Gasteiger partial charge in [0.2, 0.25) is 5.91 Å². The molecule has 1 amide bonds. The van der Waals surface area contributed by atoms with Crippen LogP contribution in [0.25, 0.3) is 0 Å². The number of esters is 1. The summed E-state index contributed by atoms with van der Waals surface area (Å²) in [6.07, 6.45) is 6.22. The van der Waals surface area contributed by atoms with Gasteiger partial charge in [0.25, 0.3) is 0 Å². The van der Waals surface area contributed by atoms with E-state index in [0.29, 0.717) is 12.2 Å². The molecule has 1 aliphatic rings. The number of nitrogens with zero attached hydrogens (tertiary/aromatic N) is 1. The number of thiazole rings is 1. The van der Waals surface area contributed by atoms with Gasteiger partial charge in [-0.05, 0) is 25.2 Å². The molecule has 23 heavy (non-hydrogen) atoms. The zero-order chi connectivity index (χ0) is 16.7. The molecule has 0 radical (unpaired) electrons. The first-order chi connectivity index (χ1) is 11.1. The predicted octanol–water partition coefficient (Wildman–Crippen LogP) is 3.28. The fourth-order valence-corrected chi connectivity index (χ4v) is 4.61. The summed E-state index contributed by atoms with van der Waals surface area (Å²) in [5.74, 6) is 1.35. The van der Waals surface area contributed by atoms with Crippen LogP contribution in [0.1, 0.15) is 43.2 Å². The van der Waals surface area contributed by atoms with Crippen molar-refractivity contribution in [2.24, 2.45) is 5.92 Å². The van der Waals surface area contributed by atoms with Crippen molar-refractivity contribution < 1.29 is 14.3 Å². The van der Waals surface area contributed by atoms with Gasteiger partial charge in [-0.1, -0.05) is 19.8 Å². The minimum atomic E-state index is -0.260. The maximum Gasteiger partial charge on any atom is 0.315 e. The molecule has 0 spiro atoms. The summed E-state index contributed by atoms with van der Waals surface area (Å²) in [5.41, 5.74) is 1.16. The third kappa shape index (κ3) is 5.80. The smallest absolute Gasteiger partial charge is 0.315 e. The molecule has 1 aromatic heterocycles. The number of fused-ring (bicyclic) bond motifs is 1. The van der Waals surface area contributed by atoms with E-state index >= 15 is 0 Å². The summed E-state index contributed by atoms with van der Waals surface area (Å²) >= 11 is 3.02. The molecule has 1 N–H and O–H groups in total. The van der Waals surface area contributed by atoms with E-state index in [2.05, 4.69) is 22.0 Å². The van der Waals surface area contributed by atoms with Crippen molar-refractivity contribution in [3.63, 3.8) is 0 Å². The zero-order valence-electron chi connectivity index (χ0n) is 13.7. The van der Waals surface area contributed by atoms with E-state index in [1.165, 1.54) is 43.0 Å². The molecular formula is C16H24N2O3S2. The normalized spacial score (nSPS) is 16.7. The van der Waals surface area contributed by atoms with Gasteiger partial charge in [-0.25, -0.2) is 4.98 Å². The number of carbonyl (C=O) groups excluding carboxylic acids is 2. The van der Waals surface area contributed by atoms with Gasteiger partial charge < -0.3 is 10.1 Å². The minimum absolute atomic E-state index is 0.0430. The van der Waals surface area contributed by atoms with E-state index in [9.17, 15) is 9.59 Å². The largest absolute Gasteiger partial charge is 0.468 e. The Bertz CT molecular complexity index is 545. The fraction of sp³-hybridized carbons (Fsp3) is 0.688. The first kappa shape index (κ1) is 18.3. The number of aromatic nitrogens is 1. The van der Waals surface area contributed by atoms with Crippen LogP contribution in [0.5, 0.6) is 0 Å². The minimum Gasteiger partial charge on any atom is -0.468 e. The highest BCUT2D eigenvalue weighted by atomic mass is 32.2. The molecule has 0 saturated heterocycles. The Kier molecular flexibility index (Phi) is 7.36. The van der Waals surface area contributed by atoms with Crippen LogP contribution in [0.4, 0.5) is 5.13 Å². The number of ether oxygens (including phenoxy) is 1. The quantitative estimate of drug-likeness (QED) is 0.572. The number of amides is 1. The molecule has 1 atom stereocenters. The number of thioether (sulfide) groups is 1. The van der Waals surface area contributed by atoms with Crippen molar-refractivity contribution in [1.82, 2.24) is 4.98 Å². The van der Waals surface area contributed by atoms with Crippen molar-refractivity contribution in [2.75, 3.05) is 23.9 Å². The van der Waals surface area contributed by atoms with Gasteiger partial charge in [-0.3, -0.25) is 9.59 Å². The first-order valence-electron chi connectivity index (χ1n) is 8.05. The third-order valence-corrected chi connectivity index (χ3v) is 5.87. The monoisotopic (exact) mass is 356 g/mol. The Hall–Kier alpha value is -1.08. The molecule has 0 aliphatic heterocycles. The van der Waals surface area contributed by atoms with Gasteiger partial charge in [0.05, 0.1) is 18.6 Å². The molecule has 0 bridgehead atoms. The Morgan fingerprint density at radius 1 is 1.48 bits per heavy atom. The second-order valence-electron chi connectivity index (χ2n) is 5.71. The summed E-state index contributed by atoms with van der Waals surface area (Å²) in [7, 11) is 1.37. The number of aryl methyl sites for hydroxylation is 1. The van der Waals surface area contributed by atoms with Crippen molar-refractivity contribution >= 4 is 40.1 Å². The third-order valence-electron chi connectivity index (χ3n) is 3.91. The topological polar surface area (TPSA) is 68.3 Å². The van der Waals surface area contributed by atoms with E-state index in [1.54, 1.807) is 11.3 Å². The molecule has 1 heterocycles. The molecule has 1 aliphatic carbocycles. The SMILES string of the molecule is CCCC1CCc2nc(NC(=O)CCSCC(=O)OC)sc2C1. The summed E-state index contributed by atoms with van der Waals surface area (Å²) in [6.45, 7) is 2.23. The van der Waals surface area contributed by atoms with Crippen LogP contribution >= 0.6 is 23.1 Å². The van der Waals surface area contributed by atoms with Gasteiger partial charge in [0, 0.05) is 17.1 Å². The summed E-state index contributed by atoms with van der Waals surface area (Å²) in [5, 5.41) is 3.60. The van der Waals surface area contributed by atoms with Crippen LogP contribution in [-0.4, -0.2) is 35.5 Å². The maximum absolute atomic E-state index is 11.9. The lowest BCUT2D eigenvalue weighted by Gasteiger charge is -2.19. The Morgan fingerprint density at radius 2 is 2.30 bits per heavy atom. The highest BCUT2D eigenvalue weighted by Gasteiger charge is 2.22. The first-order valence-corrected chi connectivity index (χ1v) is 10.0. The number of carbonyl (C=O) groups is 2. The molecule has 0 fully saturated rings. The molecule has 2 rings (SSSR count). The summed E-state index contributed by atoms with van der Waals surface area (Å²) < 4.78 is 4.56. The molecule has 0 saturated carbocycles. The van der Waals surface area contributed by atoms with Gasteiger partial charge in [-0.15, -0.1) is 23.1 Å². The van der Waals surface area contributed by atoms with E-state index < -0.39 is 0 Å². The van der Waals surface area contributed by atoms with Crippen LogP contribution in [0.15, 0.2) is 0 Å². The van der Waals surface area contributed by atoms with Crippen LogP contribution < -0.4 is 5.32 Å². The number of rotatable bonds is 8. The van der Waals surface area contributed by atoms with E-state index in [4.69, 9.17) is 0 Å². The van der Waals surface area contributed by atoms with Crippen molar-refractivity contribution in [1.29, 1.82) is 0 Å². The average Bonchev–Trinajstić information content (AvgIpc) is 2.93. The summed E-state index contributed by atoms with van der Waals surface area (Å²) in [6, 6.07) is 0. The van der Waals surface area contributed by atoms with E-state index in [-0.39, 0.29) is 17.6 Å². The second kappa shape index (κ2) is 9.27. The molecule has 1 aromatic rings. The van der Waals surface area contributed by atoms with Crippen molar-refractivity contribution in [3.8, 4) is 0 Å². The average molecular weight is 357 g/mol. The van der Waals surface area contributed by atoms with Crippen molar-refractivity contribution in [3.05, 3.63) is 10.6 Å². The predicted molar refractivity (Wildman–Crippen MR) is 95.1 cm³/mol. The van der Waals surface area contributed by atoms with Gasteiger partial charge in [0.1, 0.15) is 0 Å². The van der Waals surface area contributed by atoms with Crippen LogP contribution in [-0.2, 0) is 27.2 Å². The maximum atomic E-state index is 11.9. The van der Waals surface area contributed by atoms with Crippen molar-refractivity contribution in [2.45, 2.75) is 45.4 Å². The highest BCUT2D eigenvalue weighted by molar-refractivity contribution is 7.99. The van der Waals surface area contributed by atoms with Crippen LogP contribution in [0.3, 0.4) is 0 Å². The molecule has 1 unspecified atom stereocenters. The number of hydrogen-bond acceptors (Lipinski definition) is 6. The highest BCUT2D eigenvalue weighted by Crippen LogP contribution is 2.34. The number of nitrogens with one attached hydrogen (secondary N) is 1. The van der Waals surface area contributed by atoms with Gasteiger partial charge in [0.15, 0.2) is 5.13 Å². The van der Waals surface area contributed by atoms with E-state index in [1.807, 2.05) is 0 Å². The van der Waals surface area contributed by atoms with Gasteiger partial charge >= 0.3 is 5.97 Å². The molecule has 7 heteroatoms. The van der Waals surface area contributed by atoms with E-state index in [0.717, 1.165) is 29.6 Å². The second-order valence-corrected chi connectivity index (χ2v) is 7.90. The number of hydrogen-bond donors (Lipinski definition) is 1. The Balaban J connectivity index is 1.76. The summed E-state index contributed by atoms with van der Waals surface area (Å²) in [4.78, 5) is 28.8. The molecule has 128 valence electrons. The number of anilines is 1. The zero-order valence-corrected chi connectivity index (χ0v) is 15.4. The van der Waals surface area contributed by atoms with Gasteiger partial charge in [-0.2, -0.15) is 0 Å². The van der Waals surface area contributed by atoms with Crippen LogP contribution in [0, 0.1) is 5.92 Å². The lowest BCUT2D eigenvalue weighted by molar-refractivity contribution is -0.137. The lowest BCUT2D eigenvalue weighted by Crippen LogP contribution is -2.13. The lowest BCUT2D eigenvalue weighted by atomic mass is 9.88. The Labute approximate surface area is 145 Å².